The zero-order valence-corrected chi connectivity index (χ0v) is 12.2. The zero-order chi connectivity index (χ0) is 13.9. The van der Waals surface area contributed by atoms with E-state index in [2.05, 4.69) is 17.6 Å². The highest BCUT2D eigenvalue weighted by atomic mass is 16.3. The Morgan fingerprint density at radius 1 is 1.20 bits per heavy atom. The standard InChI is InChI=1S/C16H24N2O2/c1-11-5-7-12(8-6-11)17-16(19)18-14-3-2-4-15-13(14)9-10-20-15/h9-12,14H,2-8H2,1H3,(H2,17,18,19). The van der Waals surface area contributed by atoms with Crippen LogP contribution >= 0.6 is 0 Å². The molecule has 2 aliphatic rings. The van der Waals surface area contributed by atoms with Gasteiger partial charge in [-0.25, -0.2) is 4.79 Å². The van der Waals surface area contributed by atoms with Crippen molar-refractivity contribution in [2.45, 2.75) is 64.0 Å². The Morgan fingerprint density at radius 2 is 2.00 bits per heavy atom. The minimum atomic E-state index is -0.0244. The average Bonchev–Trinajstić information content (AvgIpc) is 2.91. The van der Waals surface area contributed by atoms with E-state index in [-0.39, 0.29) is 12.1 Å². The molecule has 2 amide bonds. The normalized spacial score (nSPS) is 29.6. The first-order valence-corrected chi connectivity index (χ1v) is 7.85. The lowest BCUT2D eigenvalue weighted by molar-refractivity contribution is 0.223. The predicted octanol–water partition coefficient (Wildman–Crippen LogP) is 3.53. The molecule has 20 heavy (non-hydrogen) atoms. The second-order valence-electron chi connectivity index (χ2n) is 6.32. The van der Waals surface area contributed by atoms with Gasteiger partial charge in [0.05, 0.1) is 12.3 Å². The summed E-state index contributed by atoms with van der Waals surface area (Å²) in [6, 6.07) is 2.42. The molecular formula is C16H24N2O2. The van der Waals surface area contributed by atoms with Crippen LogP contribution in [0, 0.1) is 5.92 Å². The summed E-state index contributed by atoms with van der Waals surface area (Å²) in [7, 11) is 0. The van der Waals surface area contributed by atoms with Gasteiger partial charge in [-0.1, -0.05) is 6.92 Å². The topological polar surface area (TPSA) is 54.3 Å². The molecule has 1 saturated carbocycles. The Balaban J connectivity index is 1.53. The molecule has 4 heteroatoms. The maximum Gasteiger partial charge on any atom is 0.315 e. The minimum Gasteiger partial charge on any atom is -0.469 e. The molecule has 2 N–H and O–H groups in total. The average molecular weight is 276 g/mol. The number of urea groups is 1. The highest BCUT2D eigenvalue weighted by Gasteiger charge is 2.25. The van der Waals surface area contributed by atoms with E-state index in [1.165, 1.54) is 12.8 Å². The first-order chi connectivity index (χ1) is 9.72. The Hall–Kier alpha value is -1.45. The molecule has 0 radical (unpaired) electrons. The molecule has 0 aromatic carbocycles. The Labute approximate surface area is 120 Å². The van der Waals surface area contributed by atoms with Gasteiger partial charge in [0.2, 0.25) is 0 Å². The number of rotatable bonds is 2. The van der Waals surface area contributed by atoms with E-state index in [4.69, 9.17) is 4.42 Å². The summed E-state index contributed by atoms with van der Waals surface area (Å²) in [5.74, 6) is 1.84. The predicted molar refractivity (Wildman–Crippen MR) is 77.5 cm³/mol. The van der Waals surface area contributed by atoms with E-state index in [0.717, 1.165) is 49.3 Å². The number of aryl methyl sites for hydroxylation is 1. The van der Waals surface area contributed by atoms with E-state index >= 15 is 0 Å². The van der Waals surface area contributed by atoms with Gasteiger partial charge in [-0.3, -0.25) is 0 Å². The highest BCUT2D eigenvalue weighted by molar-refractivity contribution is 5.74. The maximum absolute atomic E-state index is 12.1. The maximum atomic E-state index is 12.1. The monoisotopic (exact) mass is 276 g/mol. The molecule has 1 unspecified atom stereocenters. The fourth-order valence-corrected chi connectivity index (χ4v) is 3.43. The third kappa shape index (κ3) is 3.00. The number of amides is 2. The van der Waals surface area contributed by atoms with Crippen molar-refractivity contribution in [1.29, 1.82) is 0 Å². The van der Waals surface area contributed by atoms with Gasteiger partial charge in [0.25, 0.3) is 0 Å². The fourth-order valence-electron chi connectivity index (χ4n) is 3.43. The lowest BCUT2D eigenvalue weighted by Crippen LogP contribution is -2.45. The van der Waals surface area contributed by atoms with Crippen molar-refractivity contribution in [2.75, 3.05) is 0 Å². The number of fused-ring (bicyclic) bond motifs is 1. The quantitative estimate of drug-likeness (QED) is 0.868. The van der Waals surface area contributed by atoms with Crippen molar-refractivity contribution in [3.05, 3.63) is 23.7 Å². The summed E-state index contributed by atoms with van der Waals surface area (Å²) >= 11 is 0. The van der Waals surface area contributed by atoms with Crippen LogP contribution in [-0.4, -0.2) is 12.1 Å². The summed E-state index contributed by atoms with van der Waals surface area (Å²) in [6.45, 7) is 2.29. The van der Waals surface area contributed by atoms with Gasteiger partial charge in [0, 0.05) is 18.0 Å². The molecule has 1 heterocycles. The Bertz CT molecular complexity index is 461. The van der Waals surface area contributed by atoms with E-state index in [0.29, 0.717) is 6.04 Å². The third-order valence-corrected chi connectivity index (χ3v) is 4.71. The van der Waals surface area contributed by atoms with E-state index in [1.54, 1.807) is 6.26 Å². The largest absolute Gasteiger partial charge is 0.469 e. The van der Waals surface area contributed by atoms with Gasteiger partial charge in [-0.05, 0) is 50.5 Å². The fraction of sp³-hybridized carbons (Fsp3) is 0.688. The molecule has 1 fully saturated rings. The van der Waals surface area contributed by atoms with Crippen molar-refractivity contribution in [3.8, 4) is 0 Å². The van der Waals surface area contributed by atoms with Crippen LogP contribution in [0.5, 0.6) is 0 Å². The van der Waals surface area contributed by atoms with E-state index in [1.807, 2.05) is 6.07 Å². The Morgan fingerprint density at radius 3 is 2.80 bits per heavy atom. The first kappa shape index (κ1) is 13.5. The molecule has 110 valence electrons. The molecule has 1 atom stereocenters. The number of hydrogen-bond acceptors (Lipinski definition) is 2. The van der Waals surface area contributed by atoms with Gasteiger partial charge >= 0.3 is 6.03 Å². The summed E-state index contributed by atoms with van der Waals surface area (Å²) in [5.41, 5.74) is 1.16. The zero-order valence-electron chi connectivity index (χ0n) is 12.2. The molecule has 0 bridgehead atoms. The van der Waals surface area contributed by atoms with Crippen molar-refractivity contribution in [2.24, 2.45) is 5.92 Å². The highest BCUT2D eigenvalue weighted by Crippen LogP contribution is 2.30. The molecular weight excluding hydrogens is 252 g/mol. The third-order valence-electron chi connectivity index (χ3n) is 4.71. The van der Waals surface area contributed by atoms with Crippen molar-refractivity contribution in [3.63, 3.8) is 0 Å². The molecule has 0 spiro atoms. The van der Waals surface area contributed by atoms with Gasteiger partial charge in [0.1, 0.15) is 5.76 Å². The van der Waals surface area contributed by atoms with Crippen LogP contribution < -0.4 is 10.6 Å². The molecule has 0 aliphatic heterocycles. The second kappa shape index (κ2) is 5.90. The van der Waals surface area contributed by atoms with Crippen LogP contribution in [-0.2, 0) is 6.42 Å². The molecule has 4 nitrogen and oxygen atoms in total. The van der Waals surface area contributed by atoms with Gasteiger partial charge in [-0.2, -0.15) is 0 Å². The SMILES string of the molecule is CC1CCC(NC(=O)NC2CCCc3occc32)CC1. The Kier molecular flexibility index (Phi) is 3.99. The smallest absolute Gasteiger partial charge is 0.315 e. The number of carbonyl (C=O) groups is 1. The van der Waals surface area contributed by atoms with Crippen LogP contribution in [0.25, 0.3) is 0 Å². The number of hydrogen-bond donors (Lipinski definition) is 2. The molecule has 3 rings (SSSR count). The van der Waals surface area contributed by atoms with Crippen LogP contribution in [0.1, 0.15) is 62.8 Å². The molecule has 2 aliphatic carbocycles. The molecule has 1 aromatic heterocycles. The lowest BCUT2D eigenvalue weighted by atomic mass is 9.87. The van der Waals surface area contributed by atoms with Gasteiger partial charge < -0.3 is 15.1 Å². The van der Waals surface area contributed by atoms with Gasteiger partial charge in [0.15, 0.2) is 0 Å². The lowest BCUT2D eigenvalue weighted by Gasteiger charge is -2.28. The number of furan rings is 1. The van der Waals surface area contributed by atoms with Crippen molar-refractivity contribution in [1.82, 2.24) is 10.6 Å². The summed E-state index contributed by atoms with van der Waals surface area (Å²) in [6.07, 6.45) is 9.45. The van der Waals surface area contributed by atoms with Crippen LogP contribution in [0.15, 0.2) is 16.7 Å². The molecule has 0 saturated heterocycles. The van der Waals surface area contributed by atoms with Crippen LogP contribution in [0.4, 0.5) is 4.79 Å². The van der Waals surface area contributed by atoms with Crippen molar-refractivity contribution >= 4 is 6.03 Å². The second-order valence-corrected chi connectivity index (χ2v) is 6.32. The number of carbonyl (C=O) groups excluding carboxylic acids is 1. The van der Waals surface area contributed by atoms with Crippen LogP contribution in [0.3, 0.4) is 0 Å². The molecule has 1 aromatic rings. The van der Waals surface area contributed by atoms with Crippen molar-refractivity contribution < 1.29 is 9.21 Å². The van der Waals surface area contributed by atoms with E-state index in [9.17, 15) is 4.79 Å². The van der Waals surface area contributed by atoms with Crippen LogP contribution in [0.2, 0.25) is 0 Å². The summed E-state index contributed by atoms with van der Waals surface area (Å²) in [5, 5.41) is 6.24. The first-order valence-electron chi connectivity index (χ1n) is 7.85. The minimum absolute atomic E-state index is 0.0244. The summed E-state index contributed by atoms with van der Waals surface area (Å²) in [4.78, 5) is 12.1. The van der Waals surface area contributed by atoms with E-state index < -0.39 is 0 Å². The van der Waals surface area contributed by atoms with Gasteiger partial charge in [-0.15, -0.1) is 0 Å². The summed E-state index contributed by atoms with van der Waals surface area (Å²) < 4.78 is 5.46. The number of nitrogens with one attached hydrogen (secondary N) is 2.